The second-order valence-electron chi connectivity index (χ2n) is 13.2. The van der Waals surface area contributed by atoms with Gasteiger partial charge >= 0.3 is 10.4 Å². The van der Waals surface area contributed by atoms with E-state index in [1.54, 1.807) is 0 Å². The number of amides is 2. The van der Waals surface area contributed by atoms with Crippen molar-refractivity contribution < 1.29 is 111 Å². The molecular weight excluding hydrogens is 764 g/mol. The van der Waals surface area contributed by atoms with E-state index in [0.717, 1.165) is 13.8 Å². The average Bonchev–Trinajstić information content (AvgIpc) is 3.09. The minimum absolute atomic E-state index is 0.671. The molecule has 0 aliphatic carbocycles. The van der Waals surface area contributed by atoms with Gasteiger partial charge in [0.05, 0.1) is 25.9 Å². The molecule has 2 amide bonds. The van der Waals surface area contributed by atoms with E-state index in [4.69, 9.17) is 33.2 Å². The molecule has 0 radical (unpaired) electrons. The van der Waals surface area contributed by atoms with Crippen molar-refractivity contribution >= 4 is 22.2 Å². The Labute approximate surface area is 307 Å². The van der Waals surface area contributed by atoms with E-state index in [1.165, 1.54) is 6.92 Å². The molecule has 4 saturated heterocycles. The van der Waals surface area contributed by atoms with Crippen LogP contribution in [0, 0.1) is 0 Å². The first kappa shape index (κ1) is 44.8. The number of hydrogen-bond donors (Lipinski definition) is 13. The van der Waals surface area contributed by atoms with Crippen molar-refractivity contribution in [3.63, 3.8) is 0 Å². The number of carbonyl (C=O) groups is 2. The van der Waals surface area contributed by atoms with Gasteiger partial charge in [-0.25, -0.2) is 4.18 Å². The van der Waals surface area contributed by atoms with Crippen molar-refractivity contribution in [1.29, 1.82) is 0 Å². The Hall–Kier alpha value is -1.87. The summed E-state index contributed by atoms with van der Waals surface area (Å²) in [5.74, 6) is -1.49. The van der Waals surface area contributed by atoms with E-state index in [-0.39, 0.29) is 0 Å². The predicted molar refractivity (Wildman–Crippen MR) is 166 cm³/mol. The quantitative estimate of drug-likeness (QED) is 0.0768. The zero-order chi connectivity index (χ0) is 40.4. The monoisotopic (exact) mass is 812 g/mol. The first-order valence-corrected chi connectivity index (χ1v) is 18.0. The smallest absolute Gasteiger partial charge is 0.394 e. The topological polar surface area (TPSA) is 389 Å². The number of ether oxygens (including phenoxy) is 7. The van der Waals surface area contributed by atoms with Crippen LogP contribution in [-0.4, -0.2) is 218 Å². The third-order valence-electron chi connectivity index (χ3n) is 9.16. The minimum Gasteiger partial charge on any atom is -0.394 e. The third-order valence-corrected chi connectivity index (χ3v) is 9.59. The van der Waals surface area contributed by atoms with Crippen LogP contribution >= 0.6 is 0 Å². The van der Waals surface area contributed by atoms with Crippen molar-refractivity contribution in [2.75, 3.05) is 19.8 Å². The van der Waals surface area contributed by atoms with E-state index >= 15 is 0 Å². The van der Waals surface area contributed by atoms with Gasteiger partial charge in [0, 0.05) is 13.8 Å². The van der Waals surface area contributed by atoms with Crippen LogP contribution in [0.1, 0.15) is 20.8 Å². The van der Waals surface area contributed by atoms with Gasteiger partial charge in [0.25, 0.3) is 0 Å². The first-order valence-electron chi connectivity index (χ1n) is 16.6. The largest absolute Gasteiger partial charge is 0.397 e. The van der Waals surface area contributed by atoms with Crippen LogP contribution in [-0.2, 0) is 57.3 Å². The number of rotatable bonds is 13. The third kappa shape index (κ3) is 10.5. The van der Waals surface area contributed by atoms with Crippen LogP contribution in [0.15, 0.2) is 0 Å². The summed E-state index contributed by atoms with van der Waals surface area (Å²) in [6.45, 7) is 0.592. The number of aliphatic hydroxyl groups is 10. The predicted octanol–water partition coefficient (Wildman–Crippen LogP) is -8.61. The van der Waals surface area contributed by atoms with Crippen molar-refractivity contribution in [2.45, 2.75) is 143 Å². The summed E-state index contributed by atoms with van der Waals surface area (Å²) in [5, 5.41) is 110. The fourth-order valence-corrected chi connectivity index (χ4v) is 6.62. The van der Waals surface area contributed by atoms with Gasteiger partial charge < -0.3 is 94.9 Å². The van der Waals surface area contributed by atoms with E-state index in [0.29, 0.717) is 0 Å². The summed E-state index contributed by atoms with van der Waals surface area (Å²) in [7, 11) is -5.16. The van der Waals surface area contributed by atoms with E-state index < -0.39 is 165 Å². The lowest BCUT2D eigenvalue weighted by molar-refractivity contribution is -0.381. The molecule has 0 saturated carbocycles. The molecule has 0 unspecified atom stereocenters. The highest BCUT2D eigenvalue weighted by Crippen LogP contribution is 2.34. The highest BCUT2D eigenvalue weighted by Gasteiger charge is 2.55. The molecule has 26 heteroatoms. The molecule has 4 aliphatic rings. The maximum atomic E-state index is 12.4. The summed E-state index contributed by atoms with van der Waals surface area (Å²) in [6.07, 6.45) is -32.3. The molecule has 314 valence electrons. The van der Waals surface area contributed by atoms with Gasteiger partial charge in [0.15, 0.2) is 25.2 Å². The number of nitrogens with one attached hydrogen (secondary N) is 2. The van der Waals surface area contributed by atoms with Crippen molar-refractivity contribution in [3.05, 3.63) is 0 Å². The Morgan fingerprint density at radius 1 is 0.611 bits per heavy atom. The van der Waals surface area contributed by atoms with Gasteiger partial charge in [-0.15, -0.1) is 0 Å². The van der Waals surface area contributed by atoms with Crippen molar-refractivity contribution in [2.24, 2.45) is 0 Å². The first-order chi connectivity index (χ1) is 25.1. The molecule has 0 aromatic heterocycles. The van der Waals surface area contributed by atoms with E-state index in [2.05, 4.69) is 14.8 Å². The standard InChI is InChI=1S/C28H48N2O23S/c1-7-15(34)20(39)22(41)27(48-7)53-24-21(40)16(35)10(4-31)50-28(24)52-23-14(30-9(3)33)26(51-12(18(23)37)6-47-54(43,44)45)46-5-11-17(36)19(38)13(25(42)49-11)29-8(2)32/h7,10-28,31,34-42H,4-6H2,1-3H3,(H,29,32)(H,30,33)(H,43,44,45)/t7-,10+,11+,12+,13+,14+,15+,16-,17-,18+,19+,20+,21-,22-,23+,24+,25+,26+,27-,28-/m0/s1. The molecule has 0 bridgehead atoms. The molecule has 25 nitrogen and oxygen atoms in total. The Kier molecular flexibility index (Phi) is 15.4. The molecular formula is C28H48N2O23S. The SMILES string of the molecule is CC(=O)N[C@@H]1[C@@H](O)[C@@H](O)[C@@H](CO[C@@H]2O[C@H](COS(=O)(=O)O)[C@@H](O)[C@H](O[C@@H]3O[C@H](CO)[C@H](O)[C@H](O)[C@H]3O[C@@H]3O[C@@H](C)[C@@H](O)[C@@H](O)[C@@H]3O)[C@H]2NC(C)=O)O[C@H]1O. The summed E-state index contributed by atoms with van der Waals surface area (Å²) in [5.41, 5.74) is 0. The second kappa shape index (κ2) is 18.6. The van der Waals surface area contributed by atoms with Crippen molar-refractivity contribution in [3.8, 4) is 0 Å². The second-order valence-corrected chi connectivity index (χ2v) is 14.3. The molecule has 13 N–H and O–H groups in total. The normalized spacial score (nSPS) is 46.1. The van der Waals surface area contributed by atoms with E-state index in [1.807, 2.05) is 0 Å². The lowest BCUT2D eigenvalue weighted by Crippen LogP contribution is -2.69. The molecule has 0 aromatic carbocycles. The number of hydrogen-bond acceptors (Lipinski definition) is 22. The van der Waals surface area contributed by atoms with Crippen LogP contribution in [0.25, 0.3) is 0 Å². The fourth-order valence-electron chi connectivity index (χ4n) is 6.31. The lowest BCUT2D eigenvalue weighted by atomic mass is 9.94. The molecule has 54 heavy (non-hydrogen) atoms. The molecule has 4 heterocycles. The molecule has 0 spiro atoms. The zero-order valence-electron chi connectivity index (χ0n) is 28.9. The lowest BCUT2D eigenvalue weighted by Gasteiger charge is -2.49. The van der Waals surface area contributed by atoms with E-state index in [9.17, 15) is 73.6 Å². The Morgan fingerprint density at radius 2 is 1.17 bits per heavy atom. The average molecular weight is 813 g/mol. The maximum absolute atomic E-state index is 12.4. The summed E-state index contributed by atoms with van der Waals surface area (Å²) >= 11 is 0. The molecule has 4 rings (SSSR count). The summed E-state index contributed by atoms with van der Waals surface area (Å²) < 4.78 is 75.9. The highest BCUT2D eigenvalue weighted by molar-refractivity contribution is 7.80. The Balaban J connectivity index is 1.65. The van der Waals surface area contributed by atoms with Crippen LogP contribution in [0.5, 0.6) is 0 Å². The van der Waals surface area contributed by atoms with Gasteiger partial charge in [-0.3, -0.25) is 14.1 Å². The van der Waals surface area contributed by atoms with Gasteiger partial charge in [-0.05, 0) is 6.92 Å². The molecule has 0 aromatic rings. The molecule has 20 atom stereocenters. The van der Waals surface area contributed by atoms with Gasteiger partial charge in [0.2, 0.25) is 11.8 Å². The zero-order valence-corrected chi connectivity index (χ0v) is 29.7. The van der Waals surface area contributed by atoms with Gasteiger partial charge in [-0.1, -0.05) is 0 Å². The van der Waals surface area contributed by atoms with Crippen LogP contribution in [0.4, 0.5) is 0 Å². The summed E-state index contributed by atoms with van der Waals surface area (Å²) in [6, 6.07) is -3.13. The Morgan fingerprint density at radius 3 is 1.76 bits per heavy atom. The van der Waals surface area contributed by atoms with Gasteiger partial charge in [0.1, 0.15) is 91.4 Å². The van der Waals surface area contributed by atoms with Crippen LogP contribution in [0.2, 0.25) is 0 Å². The Bertz CT molecular complexity index is 1360. The summed E-state index contributed by atoms with van der Waals surface area (Å²) in [4.78, 5) is 23.9. The van der Waals surface area contributed by atoms with Crippen LogP contribution in [0.3, 0.4) is 0 Å². The van der Waals surface area contributed by atoms with Gasteiger partial charge in [-0.2, -0.15) is 8.42 Å². The number of carbonyl (C=O) groups excluding carboxylic acids is 2. The van der Waals surface area contributed by atoms with Crippen molar-refractivity contribution in [1.82, 2.24) is 10.6 Å². The molecule has 4 fully saturated rings. The highest BCUT2D eigenvalue weighted by atomic mass is 32.3. The maximum Gasteiger partial charge on any atom is 0.397 e. The van der Waals surface area contributed by atoms with Crippen LogP contribution < -0.4 is 10.6 Å². The minimum atomic E-state index is -5.16. The fraction of sp³-hybridized carbons (Fsp3) is 0.929. The molecule has 4 aliphatic heterocycles. The number of aliphatic hydroxyl groups excluding tert-OH is 10.